The zero-order chi connectivity index (χ0) is 12.1. The van der Waals surface area contributed by atoms with Gasteiger partial charge in [-0.05, 0) is 18.7 Å². The smallest absolute Gasteiger partial charge is 0.128 e. The van der Waals surface area contributed by atoms with Crippen LogP contribution in [0.5, 0.6) is 5.75 Å². The number of rotatable bonds is 5. The molecule has 0 spiro atoms. The van der Waals surface area contributed by atoms with E-state index in [-0.39, 0.29) is 0 Å². The van der Waals surface area contributed by atoms with E-state index < -0.39 is 0 Å². The minimum Gasteiger partial charge on any atom is -0.496 e. The second-order valence-corrected chi connectivity index (χ2v) is 3.72. The Labute approximate surface area is 101 Å². The summed E-state index contributed by atoms with van der Waals surface area (Å²) < 4.78 is 5.33. The number of ether oxygens (including phenoxy) is 1. The van der Waals surface area contributed by atoms with Crippen molar-refractivity contribution in [2.45, 2.75) is 13.5 Å². The molecular formula is C13H17N3O. The quantitative estimate of drug-likeness (QED) is 0.829. The Bertz CT molecular complexity index is 479. The summed E-state index contributed by atoms with van der Waals surface area (Å²) in [6, 6.07) is 7.91. The molecule has 0 aliphatic rings. The summed E-state index contributed by atoms with van der Waals surface area (Å²) in [5, 5.41) is 3.23. The summed E-state index contributed by atoms with van der Waals surface area (Å²) in [6.45, 7) is 3.76. The van der Waals surface area contributed by atoms with Crippen LogP contribution in [0.1, 0.15) is 12.7 Å². The highest BCUT2D eigenvalue weighted by Crippen LogP contribution is 2.27. The highest BCUT2D eigenvalue weighted by molar-refractivity contribution is 5.66. The van der Waals surface area contributed by atoms with E-state index in [9.17, 15) is 0 Å². The first-order chi connectivity index (χ1) is 8.35. The fourth-order valence-electron chi connectivity index (χ4n) is 1.70. The zero-order valence-corrected chi connectivity index (χ0v) is 10.2. The Morgan fingerprint density at radius 2 is 2.18 bits per heavy atom. The van der Waals surface area contributed by atoms with Crippen LogP contribution >= 0.6 is 0 Å². The summed E-state index contributed by atoms with van der Waals surface area (Å²) in [6.07, 6.45) is 1.84. The standard InChI is InChI=1S/C13H17N3O/c1-3-14-9-13-15-8-11(16-13)10-6-4-5-7-12(10)17-2/h4-8,14H,3,9H2,1-2H3,(H,15,16). The molecular weight excluding hydrogens is 214 g/mol. The number of imidazole rings is 1. The molecule has 0 atom stereocenters. The lowest BCUT2D eigenvalue weighted by molar-refractivity contribution is 0.416. The molecule has 0 aliphatic carbocycles. The molecule has 0 fully saturated rings. The maximum Gasteiger partial charge on any atom is 0.128 e. The average molecular weight is 231 g/mol. The van der Waals surface area contributed by atoms with Gasteiger partial charge in [-0.2, -0.15) is 0 Å². The number of hydrogen-bond donors (Lipinski definition) is 2. The fourth-order valence-corrected chi connectivity index (χ4v) is 1.70. The SMILES string of the molecule is CCNCc1ncc(-c2ccccc2OC)[nH]1. The van der Waals surface area contributed by atoms with Gasteiger partial charge in [0, 0.05) is 5.56 Å². The average Bonchev–Trinajstić information content (AvgIpc) is 2.85. The van der Waals surface area contributed by atoms with Crippen molar-refractivity contribution in [1.29, 1.82) is 0 Å². The number of hydrogen-bond acceptors (Lipinski definition) is 3. The van der Waals surface area contributed by atoms with Crippen LogP contribution in [0, 0.1) is 0 Å². The van der Waals surface area contributed by atoms with Crippen molar-refractivity contribution in [2.75, 3.05) is 13.7 Å². The largest absolute Gasteiger partial charge is 0.496 e. The lowest BCUT2D eigenvalue weighted by atomic mass is 10.1. The number of nitrogens with zero attached hydrogens (tertiary/aromatic N) is 1. The Balaban J connectivity index is 2.24. The van der Waals surface area contributed by atoms with E-state index in [0.717, 1.165) is 35.9 Å². The third-order valence-corrected chi connectivity index (χ3v) is 2.57. The second-order valence-electron chi connectivity index (χ2n) is 3.72. The first kappa shape index (κ1) is 11.7. The van der Waals surface area contributed by atoms with Crippen LogP contribution in [0.4, 0.5) is 0 Å². The van der Waals surface area contributed by atoms with Gasteiger partial charge in [0.05, 0.1) is 25.5 Å². The van der Waals surface area contributed by atoms with Crippen molar-refractivity contribution in [3.05, 3.63) is 36.3 Å². The number of benzene rings is 1. The van der Waals surface area contributed by atoms with Crippen LogP contribution in [0.2, 0.25) is 0 Å². The van der Waals surface area contributed by atoms with Crippen molar-refractivity contribution in [1.82, 2.24) is 15.3 Å². The topological polar surface area (TPSA) is 49.9 Å². The van der Waals surface area contributed by atoms with Crippen molar-refractivity contribution in [3.63, 3.8) is 0 Å². The van der Waals surface area contributed by atoms with Gasteiger partial charge in [0.2, 0.25) is 0 Å². The van der Waals surface area contributed by atoms with E-state index in [4.69, 9.17) is 4.74 Å². The van der Waals surface area contributed by atoms with E-state index in [1.54, 1.807) is 7.11 Å². The number of H-pyrrole nitrogens is 1. The highest BCUT2D eigenvalue weighted by atomic mass is 16.5. The van der Waals surface area contributed by atoms with Crippen molar-refractivity contribution in [2.24, 2.45) is 0 Å². The van der Waals surface area contributed by atoms with Crippen LogP contribution in [-0.2, 0) is 6.54 Å². The van der Waals surface area contributed by atoms with E-state index in [1.165, 1.54) is 0 Å². The molecule has 0 saturated heterocycles. The molecule has 0 unspecified atom stereocenters. The summed E-state index contributed by atoms with van der Waals surface area (Å²) in [5.74, 6) is 1.79. The first-order valence-corrected chi connectivity index (χ1v) is 5.73. The number of para-hydroxylation sites is 1. The third kappa shape index (κ3) is 2.65. The summed E-state index contributed by atoms with van der Waals surface area (Å²) >= 11 is 0. The molecule has 1 aromatic heterocycles. The zero-order valence-electron chi connectivity index (χ0n) is 10.2. The second kappa shape index (κ2) is 5.50. The molecule has 2 N–H and O–H groups in total. The van der Waals surface area contributed by atoms with Crippen LogP contribution in [0.15, 0.2) is 30.5 Å². The number of methoxy groups -OCH3 is 1. The molecule has 4 heteroatoms. The maximum absolute atomic E-state index is 5.33. The van der Waals surface area contributed by atoms with E-state index in [2.05, 4.69) is 22.2 Å². The van der Waals surface area contributed by atoms with Gasteiger partial charge in [0.25, 0.3) is 0 Å². The van der Waals surface area contributed by atoms with Crippen LogP contribution in [0.3, 0.4) is 0 Å². The minimum absolute atomic E-state index is 0.756. The van der Waals surface area contributed by atoms with Crippen LogP contribution in [0.25, 0.3) is 11.3 Å². The summed E-state index contributed by atoms with van der Waals surface area (Å²) in [5.41, 5.74) is 2.01. The molecule has 0 amide bonds. The predicted molar refractivity (Wildman–Crippen MR) is 68.0 cm³/mol. The van der Waals surface area contributed by atoms with Crippen LogP contribution in [-0.4, -0.2) is 23.6 Å². The molecule has 1 aromatic carbocycles. The molecule has 1 heterocycles. The van der Waals surface area contributed by atoms with E-state index >= 15 is 0 Å². The van der Waals surface area contributed by atoms with Crippen molar-refractivity contribution >= 4 is 0 Å². The molecule has 17 heavy (non-hydrogen) atoms. The first-order valence-electron chi connectivity index (χ1n) is 5.73. The number of aromatic nitrogens is 2. The molecule has 2 aromatic rings. The monoisotopic (exact) mass is 231 g/mol. The number of aromatic amines is 1. The molecule has 2 rings (SSSR count). The molecule has 0 aliphatic heterocycles. The van der Waals surface area contributed by atoms with Gasteiger partial charge in [-0.3, -0.25) is 0 Å². The third-order valence-electron chi connectivity index (χ3n) is 2.57. The molecule has 4 nitrogen and oxygen atoms in total. The Morgan fingerprint density at radius 3 is 2.94 bits per heavy atom. The predicted octanol–water partition coefficient (Wildman–Crippen LogP) is 2.19. The van der Waals surface area contributed by atoms with Crippen LogP contribution < -0.4 is 10.1 Å². The van der Waals surface area contributed by atoms with Gasteiger partial charge >= 0.3 is 0 Å². The van der Waals surface area contributed by atoms with Gasteiger partial charge < -0.3 is 15.0 Å². The van der Waals surface area contributed by atoms with Gasteiger partial charge in [-0.1, -0.05) is 19.1 Å². The summed E-state index contributed by atoms with van der Waals surface area (Å²) in [4.78, 5) is 7.62. The maximum atomic E-state index is 5.33. The van der Waals surface area contributed by atoms with Crippen molar-refractivity contribution < 1.29 is 4.74 Å². The molecule has 0 bridgehead atoms. The lowest BCUT2D eigenvalue weighted by Crippen LogP contribution is -2.12. The molecule has 0 radical (unpaired) electrons. The van der Waals surface area contributed by atoms with E-state index in [1.807, 2.05) is 30.5 Å². The highest BCUT2D eigenvalue weighted by Gasteiger charge is 2.07. The Hall–Kier alpha value is -1.81. The van der Waals surface area contributed by atoms with Gasteiger partial charge in [0.15, 0.2) is 0 Å². The Kier molecular flexibility index (Phi) is 3.77. The van der Waals surface area contributed by atoms with Gasteiger partial charge in [-0.15, -0.1) is 0 Å². The molecule has 90 valence electrons. The van der Waals surface area contributed by atoms with Gasteiger partial charge in [0.1, 0.15) is 11.6 Å². The van der Waals surface area contributed by atoms with E-state index in [0.29, 0.717) is 0 Å². The minimum atomic E-state index is 0.756. The Morgan fingerprint density at radius 1 is 1.35 bits per heavy atom. The lowest BCUT2D eigenvalue weighted by Gasteiger charge is -2.05. The van der Waals surface area contributed by atoms with Gasteiger partial charge in [-0.25, -0.2) is 4.98 Å². The summed E-state index contributed by atoms with van der Waals surface area (Å²) in [7, 11) is 1.68. The normalized spacial score (nSPS) is 10.5. The number of nitrogens with one attached hydrogen (secondary N) is 2. The fraction of sp³-hybridized carbons (Fsp3) is 0.308. The van der Waals surface area contributed by atoms with Crippen molar-refractivity contribution in [3.8, 4) is 17.0 Å². The molecule has 0 saturated carbocycles.